The zero-order valence-electron chi connectivity index (χ0n) is 11.8. The molecule has 0 saturated heterocycles. The summed E-state index contributed by atoms with van der Waals surface area (Å²) in [5.74, 6) is 1.56. The molecule has 0 radical (unpaired) electrons. The maximum atomic E-state index is 4.54. The number of anilines is 3. The van der Waals surface area contributed by atoms with Crippen molar-refractivity contribution in [3.8, 4) is 0 Å². The molecule has 5 heteroatoms. The molecular weight excluding hydrogens is 316 g/mol. The number of benzene rings is 1. The minimum Gasteiger partial charge on any atom is -0.360 e. The number of rotatable bonds is 6. The third kappa shape index (κ3) is 4.20. The van der Waals surface area contributed by atoms with Crippen LogP contribution in [-0.2, 0) is 0 Å². The Morgan fingerprint density at radius 2 is 1.95 bits per heavy atom. The van der Waals surface area contributed by atoms with E-state index in [4.69, 9.17) is 0 Å². The van der Waals surface area contributed by atoms with Gasteiger partial charge in [0.05, 0.1) is 0 Å². The van der Waals surface area contributed by atoms with E-state index in [2.05, 4.69) is 50.1 Å². The Kier molecular flexibility index (Phi) is 5.35. The predicted octanol–water partition coefficient (Wildman–Crippen LogP) is 4.22. The average Bonchev–Trinajstić information content (AvgIpc) is 2.47. The lowest BCUT2D eigenvalue weighted by molar-refractivity contribution is 0.759. The molecule has 0 saturated carbocycles. The first-order valence-electron chi connectivity index (χ1n) is 6.76. The maximum Gasteiger partial charge on any atom is 0.229 e. The molecule has 0 spiro atoms. The number of nitrogens with one attached hydrogen (secondary N) is 1. The van der Waals surface area contributed by atoms with Gasteiger partial charge in [0.15, 0.2) is 0 Å². The topological polar surface area (TPSA) is 41.1 Å². The van der Waals surface area contributed by atoms with Gasteiger partial charge in [0.2, 0.25) is 5.95 Å². The lowest BCUT2D eigenvalue weighted by atomic mass is 10.3. The standard InChI is InChI=1S/C15H19BrN4/c1-3-4-11-20(2)14-9-10-17-15(19-14)18-13-7-5-12(16)6-8-13/h5-10H,3-4,11H2,1-2H3,(H,17,18,19). The molecular formula is C15H19BrN4. The molecule has 4 nitrogen and oxygen atoms in total. The number of nitrogens with zero attached hydrogens (tertiary/aromatic N) is 3. The van der Waals surface area contributed by atoms with Gasteiger partial charge < -0.3 is 10.2 Å². The Bertz CT molecular complexity index is 542. The summed E-state index contributed by atoms with van der Waals surface area (Å²) in [7, 11) is 2.06. The molecule has 0 unspecified atom stereocenters. The van der Waals surface area contributed by atoms with E-state index >= 15 is 0 Å². The number of unbranched alkanes of at least 4 members (excludes halogenated alkanes) is 1. The van der Waals surface area contributed by atoms with Crippen molar-refractivity contribution in [1.82, 2.24) is 9.97 Å². The highest BCUT2D eigenvalue weighted by atomic mass is 79.9. The van der Waals surface area contributed by atoms with Gasteiger partial charge in [0.25, 0.3) is 0 Å². The quantitative estimate of drug-likeness (QED) is 0.858. The van der Waals surface area contributed by atoms with Crippen LogP contribution in [0.2, 0.25) is 0 Å². The lowest BCUT2D eigenvalue weighted by Gasteiger charge is -2.18. The molecule has 1 heterocycles. The molecule has 1 aromatic carbocycles. The zero-order chi connectivity index (χ0) is 14.4. The Labute approximate surface area is 128 Å². The lowest BCUT2D eigenvalue weighted by Crippen LogP contribution is -2.19. The van der Waals surface area contributed by atoms with Crippen molar-refractivity contribution in [1.29, 1.82) is 0 Å². The van der Waals surface area contributed by atoms with Crippen molar-refractivity contribution >= 4 is 33.4 Å². The molecule has 1 aromatic heterocycles. The van der Waals surface area contributed by atoms with Gasteiger partial charge in [-0.25, -0.2) is 4.98 Å². The third-order valence-electron chi connectivity index (χ3n) is 2.98. The highest BCUT2D eigenvalue weighted by Gasteiger charge is 2.04. The van der Waals surface area contributed by atoms with Crippen molar-refractivity contribution < 1.29 is 0 Å². The third-order valence-corrected chi connectivity index (χ3v) is 3.51. The van der Waals surface area contributed by atoms with Gasteiger partial charge in [-0.2, -0.15) is 4.98 Å². The van der Waals surface area contributed by atoms with Gasteiger partial charge in [-0.1, -0.05) is 29.3 Å². The molecule has 0 atom stereocenters. The molecule has 1 N–H and O–H groups in total. The summed E-state index contributed by atoms with van der Waals surface area (Å²) < 4.78 is 1.05. The summed E-state index contributed by atoms with van der Waals surface area (Å²) in [5.41, 5.74) is 0.974. The van der Waals surface area contributed by atoms with E-state index in [1.165, 1.54) is 6.42 Å². The minimum atomic E-state index is 0.619. The van der Waals surface area contributed by atoms with E-state index < -0.39 is 0 Å². The molecule has 0 bridgehead atoms. The minimum absolute atomic E-state index is 0.619. The van der Waals surface area contributed by atoms with E-state index in [1.807, 2.05) is 30.3 Å². The Morgan fingerprint density at radius 1 is 1.20 bits per heavy atom. The molecule has 0 aliphatic carbocycles. The van der Waals surface area contributed by atoms with Gasteiger partial charge >= 0.3 is 0 Å². The van der Waals surface area contributed by atoms with Crippen LogP contribution in [0.4, 0.5) is 17.5 Å². The smallest absolute Gasteiger partial charge is 0.229 e. The van der Waals surface area contributed by atoms with Crippen LogP contribution in [0.25, 0.3) is 0 Å². The van der Waals surface area contributed by atoms with Crippen molar-refractivity contribution in [2.24, 2.45) is 0 Å². The van der Waals surface area contributed by atoms with Crippen LogP contribution in [0.15, 0.2) is 41.0 Å². The molecule has 106 valence electrons. The largest absolute Gasteiger partial charge is 0.360 e. The van der Waals surface area contributed by atoms with E-state index in [0.717, 1.165) is 28.9 Å². The second-order valence-electron chi connectivity index (χ2n) is 4.65. The number of hydrogen-bond donors (Lipinski definition) is 1. The van der Waals surface area contributed by atoms with Crippen LogP contribution in [-0.4, -0.2) is 23.6 Å². The molecule has 0 fully saturated rings. The van der Waals surface area contributed by atoms with E-state index in [-0.39, 0.29) is 0 Å². The fourth-order valence-corrected chi connectivity index (χ4v) is 2.06. The second kappa shape index (κ2) is 7.24. The first-order chi connectivity index (χ1) is 9.69. The number of halogens is 1. The highest BCUT2D eigenvalue weighted by Crippen LogP contribution is 2.18. The van der Waals surface area contributed by atoms with Crippen LogP contribution in [0, 0.1) is 0 Å². The molecule has 0 aliphatic rings. The van der Waals surface area contributed by atoms with Crippen molar-refractivity contribution in [3.05, 3.63) is 41.0 Å². The highest BCUT2D eigenvalue weighted by molar-refractivity contribution is 9.10. The predicted molar refractivity (Wildman–Crippen MR) is 87.6 cm³/mol. The molecule has 20 heavy (non-hydrogen) atoms. The van der Waals surface area contributed by atoms with Crippen LogP contribution in [0.3, 0.4) is 0 Å². The van der Waals surface area contributed by atoms with Crippen LogP contribution >= 0.6 is 15.9 Å². The Morgan fingerprint density at radius 3 is 2.65 bits per heavy atom. The summed E-state index contributed by atoms with van der Waals surface area (Å²) in [4.78, 5) is 10.9. The summed E-state index contributed by atoms with van der Waals surface area (Å²) >= 11 is 3.42. The Balaban J connectivity index is 2.07. The van der Waals surface area contributed by atoms with Crippen molar-refractivity contribution in [2.75, 3.05) is 23.8 Å². The van der Waals surface area contributed by atoms with Crippen LogP contribution in [0.1, 0.15) is 19.8 Å². The summed E-state index contributed by atoms with van der Waals surface area (Å²) in [6, 6.07) is 9.88. The first-order valence-corrected chi connectivity index (χ1v) is 7.55. The van der Waals surface area contributed by atoms with Gasteiger partial charge in [-0.05, 0) is 36.8 Å². The molecule has 0 aliphatic heterocycles. The summed E-state index contributed by atoms with van der Waals surface area (Å²) in [6.45, 7) is 3.19. The molecule has 2 aromatic rings. The Hall–Kier alpha value is -1.62. The van der Waals surface area contributed by atoms with Crippen molar-refractivity contribution in [3.63, 3.8) is 0 Å². The zero-order valence-corrected chi connectivity index (χ0v) is 13.4. The molecule has 0 amide bonds. The van der Waals surface area contributed by atoms with E-state index in [1.54, 1.807) is 6.20 Å². The first kappa shape index (κ1) is 14.8. The van der Waals surface area contributed by atoms with Gasteiger partial charge in [0, 0.05) is 29.9 Å². The number of hydrogen-bond acceptors (Lipinski definition) is 4. The maximum absolute atomic E-state index is 4.54. The van der Waals surface area contributed by atoms with Crippen LogP contribution in [0.5, 0.6) is 0 Å². The van der Waals surface area contributed by atoms with Gasteiger partial charge in [-0.15, -0.1) is 0 Å². The van der Waals surface area contributed by atoms with E-state index in [0.29, 0.717) is 5.95 Å². The SMILES string of the molecule is CCCCN(C)c1ccnc(Nc2ccc(Br)cc2)n1. The van der Waals surface area contributed by atoms with Crippen LogP contribution < -0.4 is 10.2 Å². The normalized spacial score (nSPS) is 10.3. The summed E-state index contributed by atoms with van der Waals surface area (Å²) in [6.07, 6.45) is 4.13. The van der Waals surface area contributed by atoms with Gasteiger partial charge in [0.1, 0.15) is 5.82 Å². The second-order valence-corrected chi connectivity index (χ2v) is 5.56. The fraction of sp³-hybridized carbons (Fsp3) is 0.333. The summed E-state index contributed by atoms with van der Waals surface area (Å²) in [5, 5.41) is 3.21. The van der Waals surface area contributed by atoms with Gasteiger partial charge in [-0.3, -0.25) is 0 Å². The fourth-order valence-electron chi connectivity index (χ4n) is 1.79. The van der Waals surface area contributed by atoms with Crippen molar-refractivity contribution in [2.45, 2.75) is 19.8 Å². The monoisotopic (exact) mass is 334 g/mol. The van der Waals surface area contributed by atoms with E-state index in [9.17, 15) is 0 Å². The average molecular weight is 335 g/mol. The molecule has 2 rings (SSSR count). The number of aromatic nitrogens is 2.